The quantitative estimate of drug-likeness (QED) is 0.589. The van der Waals surface area contributed by atoms with Crippen LogP contribution in [0.5, 0.6) is 0 Å². The molecule has 1 atom stereocenters. The topological polar surface area (TPSA) is 109 Å². The zero-order valence-corrected chi connectivity index (χ0v) is 13.1. The van der Waals surface area contributed by atoms with Crippen LogP contribution in [0.25, 0.3) is 0 Å². The van der Waals surface area contributed by atoms with Gasteiger partial charge in [0.15, 0.2) is 0 Å². The van der Waals surface area contributed by atoms with Crippen molar-refractivity contribution in [3.05, 3.63) is 18.0 Å². The van der Waals surface area contributed by atoms with Crippen molar-refractivity contribution in [2.75, 3.05) is 6.54 Å². The predicted molar refractivity (Wildman–Crippen MR) is 77.8 cm³/mol. The molecular weight excluding hydrogens is 296 g/mol. The minimum absolute atomic E-state index is 0.0406. The van der Waals surface area contributed by atoms with E-state index in [4.69, 9.17) is 10.2 Å². The molecule has 0 aliphatic carbocycles. The van der Waals surface area contributed by atoms with Gasteiger partial charge >= 0.3 is 5.97 Å². The molecule has 3 N–H and O–H groups in total. The van der Waals surface area contributed by atoms with Crippen LogP contribution in [-0.2, 0) is 16.6 Å². The highest BCUT2D eigenvalue weighted by atomic mass is 32.2. The highest BCUT2D eigenvalue weighted by molar-refractivity contribution is 7.89. The molecule has 0 aromatic carbocycles. The summed E-state index contributed by atoms with van der Waals surface area (Å²) < 4.78 is 28.0. The van der Waals surface area contributed by atoms with Gasteiger partial charge in [0.2, 0.25) is 10.0 Å². The van der Waals surface area contributed by atoms with Gasteiger partial charge in [-0.05, 0) is 32.3 Å². The standard InChI is InChI=1S/C13H22N2O5S/c1-3-7-15-9-11(8-12(15)13(17)18)21(19,20)14-6-4-5-10(2)16/h8-10,14,16H,3-7H2,1-2H3,(H,17,18). The third-order valence-corrected chi connectivity index (χ3v) is 4.38. The summed E-state index contributed by atoms with van der Waals surface area (Å²) in [4.78, 5) is 11.1. The van der Waals surface area contributed by atoms with Crippen molar-refractivity contribution in [1.82, 2.24) is 9.29 Å². The van der Waals surface area contributed by atoms with Gasteiger partial charge < -0.3 is 14.8 Å². The number of aliphatic hydroxyl groups is 1. The summed E-state index contributed by atoms with van der Waals surface area (Å²) >= 11 is 0. The maximum Gasteiger partial charge on any atom is 0.352 e. The molecule has 1 unspecified atom stereocenters. The van der Waals surface area contributed by atoms with Crippen molar-refractivity contribution < 1.29 is 23.4 Å². The van der Waals surface area contributed by atoms with Gasteiger partial charge in [0.25, 0.3) is 0 Å². The van der Waals surface area contributed by atoms with E-state index in [9.17, 15) is 13.2 Å². The second-order valence-electron chi connectivity index (χ2n) is 4.95. The second kappa shape index (κ2) is 7.58. The molecule has 1 rings (SSSR count). The maximum absolute atomic E-state index is 12.1. The number of aromatic carboxylic acids is 1. The number of aromatic nitrogens is 1. The number of sulfonamides is 1. The van der Waals surface area contributed by atoms with E-state index in [1.807, 2.05) is 6.92 Å². The summed E-state index contributed by atoms with van der Waals surface area (Å²) in [5, 5.41) is 18.2. The summed E-state index contributed by atoms with van der Waals surface area (Å²) in [6, 6.07) is 1.16. The first-order chi connectivity index (χ1) is 9.77. The molecule has 7 nitrogen and oxygen atoms in total. The fourth-order valence-corrected chi connectivity index (χ4v) is 3.04. The molecule has 0 saturated heterocycles. The molecule has 1 aromatic heterocycles. The summed E-state index contributed by atoms with van der Waals surface area (Å²) in [5.74, 6) is -1.15. The van der Waals surface area contributed by atoms with Gasteiger partial charge in [-0.2, -0.15) is 0 Å². The van der Waals surface area contributed by atoms with Gasteiger partial charge in [-0.3, -0.25) is 0 Å². The van der Waals surface area contributed by atoms with E-state index < -0.39 is 22.1 Å². The molecule has 0 spiro atoms. The summed E-state index contributed by atoms with van der Waals surface area (Å²) in [7, 11) is -3.73. The SMILES string of the molecule is CCCn1cc(S(=O)(=O)NCCCC(C)O)cc1C(=O)O. The lowest BCUT2D eigenvalue weighted by Gasteiger charge is -2.06. The maximum atomic E-state index is 12.1. The first-order valence-corrected chi connectivity index (χ1v) is 8.37. The normalized spacial score (nSPS) is 13.3. The van der Waals surface area contributed by atoms with E-state index in [1.165, 1.54) is 10.8 Å². The lowest BCUT2D eigenvalue weighted by Crippen LogP contribution is -2.25. The fourth-order valence-electron chi connectivity index (χ4n) is 1.92. The number of aryl methyl sites for hydroxylation is 1. The molecule has 0 bridgehead atoms. The fraction of sp³-hybridized carbons (Fsp3) is 0.615. The van der Waals surface area contributed by atoms with Gasteiger partial charge in [0, 0.05) is 19.3 Å². The zero-order chi connectivity index (χ0) is 16.0. The third-order valence-electron chi connectivity index (χ3n) is 2.96. The Balaban J connectivity index is 2.83. The number of carboxylic acids is 1. The molecule has 1 heterocycles. The molecule has 0 aliphatic heterocycles. The smallest absolute Gasteiger partial charge is 0.352 e. The molecule has 0 aliphatic rings. The first-order valence-electron chi connectivity index (χ1n) is 6.89. The van der Waals surface area contributed by atoms with Crippen LogP contribution >= 0.6 is 0 Å². The van der Waals surface area contributed by atoms with Crippen LogP contribution in [0.4, 0.5) is 0 Å². The summed E-state index contributed by atoms with van der Waals surface area (Å²) in [5.41, 5.74) is -0.0406. The lowest BCUT2D eigenvalue weighted by atomic mass is 10.2. The van der Waals surface area contributed by atoms with E-state index in [0.717, 1.165) is 6.07 Å². The van der Waals surface area contributed by atoms with Crippen LogP contribution in [0.15, 0.2) is 17.2 Å². The number of aliphatic hydroxyl groups excluding tert-OH is 1. The lowest BCUT2D eigenvalue weighted by molar-refractivity contribution is 0.0685. The highest BCUT2D eigenvalue weighted by Crippen LogP contribution is 2.15. The Labute approximate surface area is 124 Å². The minimum Gasteiger partial charge on any atom is -0.477 e. The summed E-state index contributed by atoms with van der Waals surface area (Å²) in [6.07, 6.45) is 2.58. The molecular formula is C13H22N2O5S. The molecule has 21 heavy (non-hydrogen) atoms. The van der Waals surface area contributed by atoms with Crippen LogP contribution in [-0.4, -0.2) is 41.8 Å². The van der Waals surface area contributed by atoms with Crippen LogP contribution in [0.3, 0.4) is 0 Å². The Morgan fingerprint density at radius 3 is 2.67 bits per heavy atom. The molecule has 0 fully saturated rings. The summed E-state index contributed by atoms with van der Waals surface area (Å²) in [6.45, 7) is 4.17. The number of hydrogen-bond acceptors (Lipinski definition) is 4. The number of carbonyl (C=O) groups is 1. The van der Waals surface area contributed by atoms with Gasteiger partial charge in [-0.25, -0.2) is 17.9 Å². The second-order valence-corrected chi connectivity index (χ2v) is 6.72. The Morgan fingerprint density at radius 1 is 1.48 bits per heavy atom. The predicted octanol–water partition coefficient (Wildman–Crippen LogP) is 1.04. The van der Waals surface area contributed by atoms with Crippen molar-refractivity contribution in [1.29, 1.82) is 0 Å². The highest BCUT2D eigenvalue weighted by Gasteiger charge is 2.20. The molecule has 1 aromatic rings. The van der Waals surface area contributed by atoms with Gasteiger partial charge in [0.1, 0.15) is 10.6 Å². The Morgan fingerprint density at radius 2 is 2.14 bits per heavy atom. The number of hydrogen-bond donors (Lipinski definition) is 3. The molecule has 0 radical (unpaired) electrons. The van der Waals surface area contributed by atoms with Gasteiger partial charge in [0.05, 0.1) is 6.10 Å². The van der Waals surface area contributed by atoms with Crippen LogP contribution < -0.4 is 4.72 Å². The molecule has 0 amide bonds. The minimum atomic E-state index is -3.73. The molecule has 0 saturated carbocycles. The van der Waals surface area contributed by atoms with E-state index in [1.54, 1.807) is 6.92 Å². The largest absolute Gasteiger partial charge is 0.477 e. The Bertz CT molecular complexity index is 577. The van der Waals surface area contributed by atoms with E-state index in [0.29, 0.717) is 25.8 Å². The number of nitrogens with zero attached hydrogens (tertiary/aromatic N) is 1. The van der Waals surface area contributed by atoms with Crippen LogP contribution in [0.2, 0.25) is 0 Å². The average molecular weight is 318 g/mol. The number of carboxylic acid groups (broad SMARTS) is 1. The van der Waals surface area contributed by atoms with Gasteiger partial charge in [-0.15, -0.1) is 0 Å². The van der Waals surface area contributed by atoms with Crippen molar-refractivity contribution in [3.63, 3.8) is 0 Å². The first kappa shape index (κ1) is 17.7. The van der Waals surface area contributed by atoms with Crippen molar-refractivity contribution in [2.45, 2.75) is 50.7 Å². The van der Waals surface area contributed by atoms with Crippen LogP contribution in [0, 0.1) is 0 Å². The van der Waals surface area contributed by atoms with E-state index in [-0.39, 0.29) is 17.1 Å². The number of nitrogens with one attached hydrogen (secondary N) is 1. The average Bonchev–Trinajstić information content (AvgIpc) is 2.80. The van der Waals surface area contributed by atoms with Gasteiger partial charge in [-0.1, -0.05) is 6.92 Å². The third kappa shape index (κ3) is 5.14. The van der Waals surface area contributed by atoms with E-state index in [2.05, 4.69) is 4.72 Å². The van der Waals surface area contributed by atoms with E-state index >= 15 is 0 Å². The zero-order valence-electron chi connectivity index (χ0n) is 12.2. The Hall–Kier alpha value is -1.38. The van der Waals surface area contributed by atoms with Crippen molar-refractivity contribution >= 4 is 16.0 Å². The Kier molecular flexibility index (Phi) is 6.38. The molecule has 120 valence electrons. The van der Waals surface area contributed by atoms with Crippen molar-refractivity contribution in [3.8, 4) is 0 Å². The monoisotopic (exact) mass is 318 g/mol. The van der Waals surface area contributed by atoms with Crippen molar-refractivity contribution in [2.24, 2.45) is 0 Å². The van der Waals surface area contributed by atoms with Crippen LogP contribution in [0.1, 0.15) is 43.6 Å². The number of rotatable bonds is 9. The molecule has 8 heteroatoms.